The second-order valence-corrected chi connectivity index (χ2v) is 4.73. The van der Waals surface area contributed by atoms with Crippen molar-refractivity contribution in [3.05, 3.63) is 46.5 Å². The van der Waals surface area contributed by atoms with Crippen LogP contribution in [0.3, 0.4) is 0 Å². The summed E-state index contributed by atoms with van der Waals surface area (Å²) in [6, 6.07) is 2.14. The molecule has 0 aliphatic rings. The Labute approximate surface area is 122 Å². The van der Waals surface area contributed by atoms with Crippen molar-refractivity contribution in [2.45, 2.75) is 19.1 Å². The number of amides is 1. The lowest BCUT2D eigenvalue weighted by molar-refractivity contribution is -0.137. The lowest BCUT2D eigenvalue weighted by Crippen LogP contribution is -2.27. The van der Waals surface area contributed by atoms with Crippen molar-refractivity contribution < 1.29 is 18.0 Å². The average molecular weight is 319 g/mol. The lowest BCUT2D eigenvalue weighted by atomic mass is 10.1. The summed E-state index contributed by atoms with van der Waals surface area (Å²) in [6.07, 6.45) is -3.31. The number of alkyl halides is 3. The minimum atomic E-state index is -4.57. The van der Waals surface area contributed by atoms with E-state index < -0.39 is 23.7 Å². The molecule has 0 aliphatic heterocycles. The highest BCUT2D eigenvalue weighted by Crippen LogP contribution is 2.32. The summed E-state index contributed by atoms with van der Waals surface area (Å²) in [4.78, 5) is 15.8. The first-order valence-corrected chi connectivity index (χ1v) is 6.19. The standard InChI is InChI=1S/C12H10ClF3N4O/c1-6(10-17-5-18-20-10)19-11(21)7-2-8(12(14,15)16)4-9(13)3-7/h2-6H,1H3,(H,19,21)(H,17,18,20)/t6-/m1/s1. The molecular weight excluding hydrogens is 309 g/mol. The van der Waals surface area contributed by atoms with Gasteiger partial charge in [-0.05, 0) is 25.1 Å². The topological polar surface area (TPSA) is 70.7 Å². The van der Waals surface area contributed by atoms with Gasteiger partial charge < -0.3 is 5.32 Å². The molecular formula is C12H10ClF3N4O. The van der Waals surface area contributed by atoms with Gasteiger partial charge >= 0.3 is 6.18 Å². The zero-order valence-electron chi connectivity index (χ0n) is 10.7. The van der Waals surface area contributed by atoms with Gasteiger partial charge in [-0.15, -0.1) is 0 Å². The Bertz CT molecular complexity index is 642. The Balaban J connectivity index is 2.21. The summed E-state index contributed by atoms with van der Waals surface area (Å²) in [5, 5.41) is 8.53. The first-order chi connectivity index (χ1) is 9.77. The van der Waals surface area contributed by atoms with Crippen molar-refractivity contribution in [3.63, 3.8) is 0 Å². The predicted molar refractivity (Wildman–Crippen MR) is 68.7 cm³/mol. The van der Waals surface area contributed by atoms with Crippen LogP contribution in [0.5, 0.6) is 0 Å². The average Bonchev–Trinajstić information content (AvgIpc) is 2.90. The van der Waals surface area contributed by atoms with Gasteiger partial charge in [0, 0.05) is 10.6 Å². The number of nitrogens with one attached hydrogen (secondary N) is 2. The van der Waals surface area contributed by atoms with Gasteiger partial charge in [-0.1, -0.05) is 11.6 Å². The van der Waals surface area contributed by atoms with Crippen LogP contribution in [0.25, 0.3) is 0 Å². The van der Waals surface area contributed by atoms with Gasteiger partial charge in [0.2, 0.25) is 0 Å². The monoisotopic (exact) mass is 318 g/mol. The summed E-state index contributed by atoms with van der Waals surface area (Å²) in [5.74, 6) is -0.298. The predicted octanol–water partition coefficient (Wildman–Crippen LogP) is 2.97. The van der Waals surface area contributed by atoms with Crippen LogP contribution >= 0.6 is 11.6 Å². The number of rotatable bonds is 3. The van der Waals surface area contributed by atoms with E-state index in [2.05, 4.69) is 20.5 Å². The Morgan fingerprint density at radius 3 is 2.67 bits per heavy atom. The highest BCUT2D eigenvalue weighted by Gasteiger charge is 2.31. The molecule has 1 aromatic heterocycles. The van der Waals surface area contributed by atoms with E-state index in [0.29, 0.717) is 5.82 Å². The lowest BCUT2D eigenvalue weighted by Gasteiger charge is -2.13. The number of halogens is 4. The van der Waals surface area contributed by atoms with Crippen molar-refractivity contribution in [2.24, 2.45) is 0 Å². The molecule has 0 bridgehead atoms. The molecule has 2 rings (SSSR count). The van der Waals surface area contributed by atoms with Crippen LogP contribution in [-0.4, -0.2) is 21.1 Å². The fourth-order valence-electron chi connectivity index (χ4n) is 1.66. The maximum absolute atomic E-state index is 12.7. The van der Waals surface area contributed by atoms with E-state index in [4.69, 9.17) is 11.6 Å². The van der Waals surface area contributed by atoms with Crippen molar-refractivity contribution in [3.8, 4) is 0 Å². The van der Waals surface area contributed by atoms with E-state index in [0.717, 1.165) is 12.1 Å². The Hall–Kier alpha value is -2.09. The Morgan fingerprint density at radius 1 is 1.38 bits per heavy atom. The van der Waals surface area contributed by atoms with E-state index in [1.165, 1.54) is 12.4 Å². The minimum absolute atomic E-state index is 0.165. The summed E-state index contributed by atoms with van der Waals surface area (Å²) in [7, 11) is 0. The van der Waals surface area contributed by atoms with Crippen molar-refractivity contribution in [2.75, 3.05) is 0 Å². The maximum atomic E-state index is 12.7. The molecule has 2 N–H and O–H groups in total. The number of hydrogen-bond donors (Lipinski definition) is 2. The summed E-state index contributed by atoms with van der Waals surface area (Å²) >= 11 is 5.63. The van der Waals surface area contributed by atoms with Gasteiger partial charge in [-0.3, -0.25) is 9.89 Å². The van der Waals surface area contributed by atoms with Crippen molar-refractivity contribution in [1.82, 2.24) is 20.5 Å². The molecule has 112 valence electrons. The van der Waals surface area contributed by atoms with E-state index in [1.54, 1.807) is 6.92 Å². The third-order valence-electron chi connectivity index (χ3n) is 2.68. The highest BCUT2D eigenvalue weighted by molar-refractivity contribution is 6.31. The Kier molecular flexibility index (Phi) is 4.17. The van der Waals surface area contributed by atoms with Crippen LogP contribution in [0.1, 0.15) is 34.7 Å². The van der Waals surface area contributed by atoms with Gasteiger partial charge in [0.25, 0.3) is 5.91 Å². The highest BCUT2D eigenvalue weighted by atomic mass is 35.5. The summed E-state index contributed by atoms with van der Waals surface area (Å²) < 4.78 is 38.1. The number of hydrogen-bond acceptors (Lipinski definition) is 3. The van der Waals surface area contributed by atoms with Gasteiger partial charge in [-0.2, -0.15) is 18.3 Å². The molecule has 0 radical (unpaired) electrons. The SMILES string of the molecule is C[C@@H](NC(=O)c1cc(Cl)cc(C(F)(F)F)c1)c1ncn[nH]1. The zero-order valence-corrected chi connectivity index (χ0v) is 11.5. The molecule has 0 unspecified atom stereocenters. The molecule has 2 aromatic rings. The minimum Gasteiger partial charge on any atom is -0.342 e. The van der Waals surface area contributed by atoms with Gasteiger partial charge in [0.05, 0.1) is 11.6 Å². The van der Waals surface area contributed by atoms with E-state index in [9.17, 15) is 18.0 Å². The van der Waals surface area contributed by atoms with E-state index >= 15 is 0 Å². The molecule has 1 aromatic carbocycles. The molecule has 21 heavy (non-hydrogen) atoms. The molecule has 0 saturated carbocycles. The largest absolute Gasteiger partial charge is 0.416 e. The normalized spacial score (nSPS) is 13.0. The molecule has 0 saturated heterocycles. The van der Waals surface area contributed by atoms with Gasteiger partial charge in [0.1, 0.15) is 12.2 Å². The number of aromatic nitrogens is 3. The molecule has 0 spiro atoms. The third kappa shape index (κ3) is 3.72. The number of aromatic amines is 1. The van der Waals surface area contributed by atoms with E-state index in [-0.39, 0.29) is 10.6 Å². The van der Waals surface area contributed by atoms with Gasteiger partial charge in [0.15, 0.2) is 0 Å². The van der Waals surface area contributed by atoms with Crippen LogP contribution in [-0.2, 0) is 6.18 Å². The summed E-state index contributed by atoms with van der Waals surface area (Å²) in [5.41, 5.74) is -1.16. The third-order valence-corrected chi connectivity index (χ3v) is 2.90. The van der Waals surface area contributed by atoms with E-state index in [1.807, 2.05) is 0 Å². The molecule has 1 amide bonds. The fraction of sp³-hybridized carbons (Fsp3) is 0.250. The van der Waals surface area contributed by atoms with Crippen LogP contribution < -0.4 is 5.32 Å². The maximum Gasteiger partial charge on any atom is 0.416 e. The second kappa shape index (κ2) is 5.72. The van der Waals surface area contributed by atoms with Crippen LogP contribution in [0.15, 0.2) is 24.5 Å². The number of benzene rings is 1. The summed E-state index contributed by atoms with van der Waals surface area (Å²) in [6.45, 7) is 1.62. The van der Waals surface area contributed by atoms with Crippen molar-refractivity contribution in [1.29, 1.82) is 0 Å². The molecule has 5 nitrogen and oxygen atoms in total. The molecule has 9 heteroatoms. The van der Waals surface area contributed by atoms with Crippen LogP contribution in [0.4, 0.5) is 13.2 Å². The first-order valence-electron chi connectivity index (χ1n) is 5.81. The van der Waals surface area contributed by atoms with Crippen molar-refractivity contribution >= 4 is 17.5 Å². The Morgan fingerprint density at radius 2 is 2.10 bits per heavy atom. The zero-order chi connectivity index (χ0) is 15.6. The number of nitrogens with zero attached hydrogens (tertiary/aromatic N) is 2. The quantitative estimate of drug-likeness (QED) is 0.914. The molecule has 1 heterocycles. The first kappa shape index (κ1) is 15.3. The second-order valence-electron chi connectivity index (χ2n) is 4.29. The van der Waals surface area contributed by atoms with Crippen LogP contribution in [0.2, 0.25) is 5.02 Å². The number of carbonyl (C=O) groups excluding carboxylic acids is 1. The van der Waals surface area contributed by atoms with Crippen LogP contribution in [0, 0.1) is 0 Å². The molecule has 1 atom stereocenters. The molecule has 0 aliphatic carbocycles. The number of H-pyrrole nitrogens is 1. The smallest absolute Gasteiger partial charge is 0.342 e. The van der Waals surface area contributed by atoms with Gasteiger partial charge in [-0.25, -0.2) is 4.98 Å². The number of carbonyl (C=O) groups is 1. The molecule has 0 fully saturated rings. The fourth-order valence-corrected chi connectivity index (χ4v) is 1.89.